The fourth-order valence-electron chi connectivity index (χ4n) is 3.45. The van der Waals surface area contributed by atoms with Crippen LogP contribution in [0.4, 0.5) is 5.69 Å². The van der Waals surface area contributed by atoms with Gasteiger partial charge < -0.3 is 10.2 Å². The van der Waals surface area contributed by atoms with E-state index in [0.29, 0.717) is 5.69 Å². The van der Waals surface area contributed by atoms with Crippen molar-refractivity contribution in [3.63, 3.8) is 0 Å². The molecule has 9 heteroatoms. The van der Waals surface area contributed by atoms with Crippen LogP contribution in [0.2, 0.25) is 0 Å². The summed E-state index contributed by atoms with van der Waals surface area (Å²) >= 11 is 3.42. The van der Waals surface area contributed by atoms with E-state index in [1.165, 1.54) is 4.90 Å². The van der Waals surface area contributed by atoms with Crippen LogP contribution in [0, 0.1) is 13.8 Å². The standard InChI is InChI=1S/C25H34BrN3O4S/c1-7-19(4)27-25(31)20(5)28(15-21-10-8-9-17(2)13-21)24(30)16-29(34(6,32)33)22-11-12-23(26)18(3)14-22/h8-14,19-20H,7,15-16H2,1-6H3,(H,27,31)/t19-,20+/m0/s1. The molecule has 2 aromatic carbocycles. The number of nitrogens with zero attached hydrogens (tertiary/aromatic N) is 2. The first-order chi connectivity index (χ1) is 15.8. The highest BCUT2D eigenvalue weighted by atomic mass is 79.9. The Morgan fingerprint density at radius 1 is 1.09 bits per heavy atom. The molecular weight excluding hydrogens is 518 g/mol. The maximum absolute atomic E-state index is 13.5. The monoisotopic (exact) mass is 551 g/mol. The summed E-state index contributed by atoms with van der Waals surface area (Å²) in [4.78, 5) is 27.9. The zero-order chi connectivity index (χ0) is 25.6. The van der Waals surface area contributed by atoms with Gasteiger partial charge in [-0.2, -0.15) is 0 Å². The second kappa shape index (κ2) is 11.8. The summed E-state index contributed by atoms with van der Waals surface area (Å²) in [6, 6.07) is 12.0. The Labute approximate surface area is 211 Å². The van der Waals surface area contributed by atoms with Gasteiger partial charge in [-0.05, 0) is 63.4 Å². The predicted molar refractivity (Wildman–Crippen MR) is 140 cm³/mol. The minimum Gasteiger partial charge on any atom is -0.352 e. The lowest BCUT2D eigenvalue weighted by atomic mass is 10.1. The van der Waals surface area contributed by atoms with E-state index in [0.717, 1.165) is 38.1 Å². The smallest absolute Gasteiger partial charge is 0.244 e. The first-order valence-corrected chi connectivity index (χ1v) is 13.9. The molecule has 0 aromatic heterocycles. The third kappa shape index (κ3) is 7.56. The highest BCUT2D eigenvalue weighted by Crippen LogP contribution is 2.25. The molecule has 0 bridgehead atoms. The zero-order valence-electron chi connectivity index (χ0n) is 20.6. The number of hydrogen-bond donors (Lipinski definition) is 1. The molecule has 7 nitrogen and oxygen atoms in total. The lowest BCUT2D eigenvalue weighted by Gasteiger charge is -2.32. The number of halogens is 1. The fourth-order valence-corrected chi connectivity index (χ4v) is 4.54. The van der Waals surface area contributed by atoms with Crippen LogP contribution in [0.3, 0.4) is 0 Å². The molecule has 34 heavy (non-hydrogen) atoms. The molecule has 0 fully saturated rings. The molecule has 2 aromatic rings. The highest BCUT2D eigenvalue weighted by Gasteiger charge is 2.30. The molecule has 0 radical (unpaired) electrons. The van der Waals surface area contributed by atoms with Crippen molar-refractivity contribution < 1.29 is 18.0 Å². The van der Waals surface area contributed by atoms with Gasteiger partial charge in [0.15, 0.2) is 0 Å². The number of rotatable bonds is 10. The molecule has 0 aliphatic heterocycles. The van der Waals surface area contributed by atoms with Gasteiger partial charge in [0.05, 0.1) is 11.9 Å². The van der Waals surface area contributed by atoms with Gasteiger partial charge in [-0.25, -0.2) is 8.42 Å². The Hall–Kier alpha value is -2.39. The van der Waals surface area contributed by atoms with Crippen LogP contribution in [0.1, 0.15) is 43.9 Å². The summed E-state index contributed by atoms with van der Waals surface area (Å²) in [6.07, 6.45) is 1.83. The van der Waals surface area contributed by atoms with E-state index in [1.807, 2.05) is 52.0 Å². The summed E-state index contributed by atoms with van der Waals surface area (Å²) in [5, 5.41) is 2.92. The van der Waals surface area contributed by atoms with Crippen molar-refractivity contribution in [2.24, 2.45) is 0 Å². The summed E-state index contributed by atoms with van der Waals surface area (Å²) in [6.45, 7) is 9.12. The molecule has 186 valence electrons. The summed E-state index contributed by atoms with van der Waals surface area (Å²) in [5.41, 5.74) is 3.13. The predicted octanol–water partition coefficient (Wildman–Crippen LogP) is 4.16. The lowest BCUT2D eigenvalue weighted by molar-refractivity contribution is -0.139. The molecule has 0 aliphatic carbocycles. The van der Waals surface area contributed by atoms with Crippen LogP contribution in [0.5, 0.6) is 0 Å². The van der Waals surface area contributed by atoms with Gasteiger partial charge in [0.25, 0.3) is 0 Å². The molecule has 2 rings (SSSR count). The van der Waals surface area contributed by atoms with Gasteiger partial charge in [-0.15, -0.1) is 0 Å². The van der Waals surface area contributed by atoms with E-state index in [2.05, 4.69) is 21.2 Å². The topological polar surface area (TPSA) is 86.8 Å². The Morgan fingerprint density at radius 2 is 1.76 bits per heavy atom. The molecule has 0 saturated heterocycles. The van der Waals surface area contributed by atoms with Crippen LogP contribution in [-0.4, -0.2) is 50.0 Å². The summed E-state index contributed by atoms with van der Waals surface area (Å²) in [5.74, 6) is -0.736. The van der Waals surface area contributed by atoms with Crippen molar-refractivity contribution in [1.29, 1.82) is 0 Å². The SMILES string of the molecule is CC[C@H](C)NC(=O)[C@@H](C)N(Cc1cccc(C)c1)C(=O)CN(c1ccc(Br)c(C)c1)S(C)(=O)=O. The molecule has 2 atom stereocenters. The highest BCUT2D eigenvalue weighted by molar-refractivity contribution is 9.10. The molecule has 0 spiro atoms. The number of aryl methyl sites for hydroxylation is 2. The van der Waals surface area contributed by atoms with Crippen LogP contribution in [0.15, 0.2) is 46.9 Å². The molecule has 0 unspecified atom stereocenters. The van der Waals surface area contributed by atoms with Gasteiger partial charge in [0.1, 0.15) is 12.6 Å². The number of nitrogens with one attached hydrogen (secondary N) is 1. The molecular formula is C25H34BrN3O4S. The number of anilines is 1. The summed E-state index contributed by atoms with van der Waals surface area (Å²) in [7, 11) is -3.75. The number of carbonyl (C=O) groups excluding carboxylic acids is 2. The van der Waals surface area contributed by atoms with Crippen molar-refractivity contribution >= 4 is 43.5 Å². The van der Waals surface area contributed by atoms with Crippen LogP contribution in [0.25, 0.3) is 0 Å². The minimum absolute atomic E-state index is 0.0378. The number of amides is 2. The van der Waals surface area contributed by atoms with Crippen molar-refractivity contribution in [3.05, 3.63) is 63.6 Å². The molecule has 0 heterocycles. The maximum Gasteiger partial charge on any atom is 0.244 e. The minimum atomic E-state index is -3.75. The van der Waals surface area contributed by atoms with Gasteiger partial charge >= 0.3 is 0 Å². The maximum atomic E-state index is 13.5. The van der Waals surface area contributed by atoms with E-state index < -0.39 is 28.5 Å². The molecule has 0 aliphatic rings. The Morgan fingerprint density at radius 3 is 2.32 bits per heavy atom. The summed E-state index contributed by atoms with van der Waals surface area (Å²) < 4.78 is 27.2. The van der Waals surface area contributed by atoms with Crippen molar-refractivity contribution in [2.75, 3.05) is 17.1 Å². The average Bonchev–Trinajstić information content (AvgIpc) is 2.76. The lowest BCUT2D eigenvalue weighted by Crippen LogP contribution is -2.52. The Balaban J connectivity index is 2.41. The van der Waals surface area contributed by atoms with Crippen molar-refractivity contribution in [1.82, 2.24) is 10.2 Å². The third-order valence-electron chi connectivity index (χ3n) is 5.71. The second-order valence-corrected chi connectivity index (χ2v) is 11.5. The van der Waals surface area contributed by atoms with Crippen molar-refractivity contribution in [2.45, 2.75) is 59.7 Å². The third-order valence-corrected chi connectivity index (χ3v) is 7.74. The Bertz CT molecular complexity index is 1140. The van der Waals surface area contributed by atoms with Crippen molar-refractivity contribution in [3.8, 4) is 0 Å². The number of sulfonamides is 1. The second-order valence-electron chi connectivity index (χ2n) is 8.71. The van der Waals surface area contributed by atoms with Gasteiger partial charge in [-0.1, -0.05) is 52.7 Å². The number of carbonyl (C=O) groups is 2. The normalized spacial score (nSPS) is 13.1. The number of hydrogen-bond acceptors (Lipinski definition) is 4. The van der Waals surface area contributed by atoms with Gasteiger partial charge in [0.2, 0.25) is 21.8 Å². The van der Waals surface area contributed by atoms with E-state index in [4.69, 9.17) is 0 Å². The largest absolute Gasteiger partial charge is 0.352 e. The first-order valence-electron chi connectivity index (χ1n) is 11.2. The zero-order valence-corrected chi connectivity index (χ0v) is 23.0. The molecule has 2 amide bonds. The Kier molecular flexibility index (Phi) is 9.70. The van der Waals surface area contributed by atoms with E-state index in [-0.39, 0.29) is 18.5 Å². The van der Waals surface area contributed by atoms with Gasteiger partial charge in [0, 0.05) is 17.1 Å². The molecule has 1 N–H and O–H groups in total. The fraction of sp³-hybridized carbons (Fsp3) is 0.440. The van der Waals surface area contributed by atoms with Gasteiger partial charge in [-0.3, -0.25) is 13.9 Å². The average molecular weight is 553 g/mol. The van der Waals surface area contributed by atoms with Crippen LogP contribution in [-0.2, 0) is 26.2 Å². The van der Waals surface area contributed by atoms with E-state index >= 15 is 0 Å². The van der Waals surface area contributed by atoms with E-state index in [9.17, 15) is 18.0 Å². The van der Waals surface area contributed by atoms with Crippen LogP contribution >= 0.6 is 15.9 Å². The first kappa shape index (κ1) is 27.9. The van der Waals surface area contributed by atoms with E-state index in [1.54, 1.807) is 25.1 Å². The quantitative estimate of drug-likeness (QED) is 0.480. The number of benzene rings is 2. The van der Waals surface area contributed by atoms with Crippen LogP contribution < -0.4 is 9.62 Å². The molecule has 0 saturated carbocycles.